The summed E-state index contributed by atoms with van der Waals surface area (Å²) in [4.78, 5) is 25.4. The van der Waals surface area contributed by atoms with Crippen LogP contribution in [0.5, 0.6) is 0 Å². The molecule has 1 N–H and O–H groups in total. The molecule has 6 nitrogen and oxygen atoms in total. The molecule has 1 spiro atoms. The fraction of sp³-hybridized carbons (Fsp3) is 0.714. The molecule has 0 radical (unpaired) electrons. The number of thioether (sulfide) groups is 1. The number of carboxylic acids is 1. The van der Waals surface area contributed by atoms with E-state index < -0.39 is 11.8 Å². The molecule has 6 rings (SSSR count). The lowest BCUT2D eigenvalue weighted by Gasteiger charge is -2.55. The molecule has 2 aliphatic heterocycles. The van der Waals surface area contributed by atoms with Crippen molar-refractivity contribution in [2.75, 3.05) is 12.4 Å². The second kappa shape index (κ2) is 11.9. The van der Waals surface area contributed by atoms with E-state index in [1.165, 1.54) is 23.0 Å². The normalized spacial score (nSPS) is 41.4. The number of carbonyl (C=O) groups excluding carboxylic acids is 1. The van der Waals surface area contributed by atoms with Gasteiger partial charge in [0.2, 0.25) is 0 Å². The monoisotopic (exact) mass is 596 g/mol. The van der Waals surface area contributed by atoms with Crippen molar-refractivity contribution in [3.8, 4) is 0 Å². The molecular formula is C35H48O6S. The largest absolute Gasteiger partial charge is 0.481 e. The van der Waals surface area contributed by atoms with Crippen LogP contribution in [0.4, 0.5) is 0 Å². The van der Waals surface area contributed by atoms with Crippen LogP contribution in [0, 0.1) is 40.9 Å². The maximum Gasteiger partial charge on any atom is 0.303 e. The van der Waals surface area contributed by atoms with Gasteiger partial charge in [-0.15, -0.1) is 11.8 Å². The first-order valence-electron chi connectivity index (χ1n) is 16.2. The molecule has 1 aromatic carbocycles. The molecule has 7 heteroatoms. The number of fused-ring (bicyclic) bond motifs is 2. The summed E-state index contributed by atoms with van der Waals surface area (Å²) in [6, 6.07) is 10.6. The van der Waals surface area contributed by atoms with Gasteiger partial charge in [0, 0.05) is 42.2 Å². The zero-order valence-electron chi connectivity index (χ0n) is 25.7. The van der Waals surface area contributed by atoms with Crippen LogP contribution in [0.2, 0.25) is 0 Å². The second-order valence-electron chi connectivity index (χ2n) is 14.2. The van der Waals surface area contributed by atoms with E-state index in [2.05, 4.69) is 51.1 Å². The van der Waals surface area contributed by atoms with Crippen LogP contribution in [-0.4, -0.2) is 47.4 Å². The van der Waals surface area contributed by atoms with E-state index in [-0.39, 0.29) is 47.8 Å². The Morgan fingerprint density at radius 2 is 1.88 bits per heavy atom. The van der Waals surface area contributed by atoms with Gasteiger partial charge in [-0.1, -0.05) is 50.1 Å². The molecule has 0 unspecified atom stereocenters. The Bertz CT molecular complexity index is 1190. The average Bonchev–Trinajstić information content (AvgIpc) is 3.43. The van der Waals surface area contributed by atoms with Crippen LogP contribution in [-0.2, 0) is 23.8 Å². The van der Waals surface area contributed by atoms with E-state index in [1.807, 2.05) is 11.8 Å². The molecule has 5 aliphatic rings. The Labute approximate surface area is 255 Å². The number of rotatable bonds is 7. The zero-order chi connectivity index (χ0) is 29.6. The van der Waals surface area contributed by atoms with Crippen molar-refractivity contribution in [1.29, 1.82) is 0 Å². The van der Waals surface area contributed by atoms with Gasteiger partial charge in [-0.2, -0.15) is 0 Å². The third kappa shape index (κ3) is 5.59. The fourth-order valence-electron chi connectivity index (χ4n) is 9.56. The van der Waals surface area contributed by atoms with E-state index in [1.54, 1.807) is 0 Å². The van der Waals surface area contributed by atoms with Crippen molar-refractivity contribution in [3.05, 3.63) is 41.5 Å². The first-order valence-corrected chi connectivity index (χ1v) is 17.2. The highest BCUT2D eigenvalue weighted by Gasteiger charge is 2.60. The molecule has 0 bridgehead atoms. The summed E-state index contributed by atoms with van der Waals surface area (Å²) < 4.78 is 19.1. The Balaban J connectivity index is 1.33. The topological polar surface area (TPSA) is 82.1 Å². The lowest BCUT2D eigenvalue weighted by Crippen LogP contribution is -2.49. The Morgan fingerprint density at radius 1 is 1.10 bits per heavy atom. The average molecular weight is 597 g/mol. The van der Waals surface area contributed by atoms with E-state index in [9.17, 15) is 14.7 Å². The van der Waals surface area contributed by atoms with Crippen LogP contribution in [0.15, 0.2) is 46.4 Å². The van der Waals surface area contributed by atoms with Crippen molar-refractivity contribution >= 4 is 23.7 Å². The summed E-state index contributed by atoms with van der Waals surface area (Å²) in [7, 11) is 0. The van der Waals surface area contributed by atoms with Gasteiger partial charge < -0.3 is 19.3 Å². The molecule has 4 fully saturated rings. The van der Waals surface area contributed by atoms with Gasteiger partial charge in [-0.25, -0.2) is 0 Å². The first-order chi connectivity index (χ1) is 20.1. The molecule has 2 heterocycles. The van der Waals surface area contributed by atoms with Crippen molar-refractivity contribution in [1.82, 2.24) is 0 Å². The molecule has 1 aromatic rings. The maximum atomic E-state index is 12.4. The van der Waals surface area contributed by atoms with Gasteiger partial charge in [-0.3, -0.25) is 9.59 Å². The van der Waals surface area contributed by atoms with E-state index in [0.29, 0.717) is 17.8 Å². The van der Waals surface area contributed by atoms with Crippen LogP contribution < -0.4 is 0 Å². The first kappa shape index (κ1) is 30.2. The Morgan fingerprint density at radius 3 is 2.57 bits per heavy atom. The highest BCUT2D eigenvalue weighted by Crippen LogP contribution is 2.62. The highest BCUT2D eigenvalue weighted by molar-refractivity contribution is 7.99. The standard InChI is InChI=1S/C35H48O6S/c1-21-12-15-35(39-19-21)22(2)33-29(20-42-26-8-6-5-7-9-26)28(17-31(33)41-35)27-11-10-24-16-25(40-23(3)36)13-14-34(24,4)30(27)18-32(37)38/h5-9,21-22,24-25,27,30-31,33H,10-20H2,1-4H3,(H,37,38)/t21-,22+,24+,25+,27+,30+,31+,33-,34+,35-/m1/s1. The molecule has 3 aliphatic carbocycles. The minimum atomic E-state index is -0.707. The van der Waals surface area contributed by atoms with Crippen LogP contribution >= 0.6 is 11.8 Å². The minimum Gasteiger partial charge on any atom is -0.481 e. The van der Waals surface area contributed by atoms with E-state index >= 15 is 0 Å². The van der Waals surface area contributed by atoms with Crippen molar-refractivity contribution in [3.63, 3.8) is 0 Å². The van der Waals surface area contributed by atoms with Crippen LogP contribution in [0.1, 0.15) is 85.5 Å². The predicted octanol–water partition coefficient (Wildman–Crippen LogP) is 7.51. The van der Waals surface area contributed by atoms with Gasteiger partial charge >= 0.3 is 11.9 Å². The smallest absolute Gasteiger partial charge is 0.303 e. The molecule has 0 aromatic heterocycles. The summed E-state index contributed by atoms with van der Waals surface area (Å²) in [5.41, 5.74) is 2.89. The number of carboxylic acid groups (broad SMARTS) is 1. The van der Waals surface area contributed by atoms with Crippen molar-refractivity contribution in [2.24, 2.45) is 40.9 Å². The van der Waals surface area contributed by atoms with Gasteiger partial charge in [-0.05, 0) is 86.2 Å². The lowest BCUT2D eigenvalue weighted by atomic mass is 9.50. The van der Waals surface area contributed by atoms with Crippen molar-refractivity contribution < 1.29 is 28.9 Å². The fourth-order valence-corrected chi connectivity index (χ4v) is 10.6. The highest BCUT2D eigenvalue weighted by atomic mass is 32.2. The molecule has 0 amide bonds. The molecule has 10 atom stereocenters. The zero-order valence-corrected chi connectivity index (χ0v) is 26.5. The number of benzene rings is 1. The number of aliphatic carboxylic acids is 1. The molecule has 42 heavy (non-hydrogen) atoms. The van der Waals surface area contributed by atoms with Gasteiger partial charge in [0.25, 0.3) is 0 Å². The van der Waals surface area contributed by atoms with Crippen LogP contribution in [0.25, 0.3) is 0 Å². The molecule has 2 saturated carbocycles. The maximum absolute atomic E-state index is 12.4. The Hall–Kier alpha value is -1.83. The SMILES string of the molecule is CC(=O)O[C@H]1CC[C@@]2(C)[C@@H](CC[C@@H](C3=C(CSc4ccccc4)[C@@H]4[C@H](C3)O[C@]3(CC[C@@H](C)CO3)[C@H]4C)[C@@H]2CC(=O)O)C1. The number of hydrogen-bond donors (Lipinski definition) is 1. The summed E-state index contributed by atoms with van der Waals surface area (Å²) in [6.07, 6.45) is 7.82. The summed E-state index contributed by atoms with van der Waals surface area (Å²) >= 11 is 1.90. The molecule has 230 valence electrons. The second-order valence-corrected chi connectivity index (χ2v) is 15.2. The van der Waals surface area contributed by atoms with Crippen LogP contribution in [0.3, 0.4) is 0 Å². The van der Waals surface area contributed by atoms with Gasteiger partial charge in [0.15, 0.2) is 5.79 Å². The molecular weight excluding hydrogens is 548 g/mol. The summed E-state index contributed by atoms with van der Waals surface area (Å²) in [5, 5.41) is 10.2. The quantitative estimate of drug-likeness (QED) is 0.198. The van der Waals surface area contributed by atoms with Gasteiger partial charge in [0.1, 0.15) is 6.10 Å². The number of hydrogen-bond acceptors (Lipinski definition) is 6. The number of carbonyl (C=O) groups is 2. The molecule has 2 saturated heterocycles. The summed E-state index contributed by atoms with van der Waals surface area (Å²) in [5.74, 6) is 1.30. The summed E-state index contributed by atoms with van der Waals surface area (Å²) in [6.45, 7) is 9.17. The third-order valence-electron chi connectivity index (χ3n) is 11.8. The van der Waals surface area contributed by atoms with E-state index in [0.717, 1.165) is 63.7 Å². The number of ether oxygens (including phenoxy) is 3. The predicted molar refractivity (Wildman–Crippen MR) is 163 cm³/mol. The number of esters is 1. The Kier molecular flexibility index (Phi) is 8.58. The minimum absolute atomic E-state index is 0.0471. The van der Waals surface area contributed by atoms with E-state index in [4.69, 9.17) is 14.2 Å². The van der Waals surface area contributed by atoms with Crippen molar-refractivity contribution in [2.45, 2.75) is 108 Å². The van der Waals surface area contributed by atoms with Gasteiger partial charge in [0.05, 0.1) is 12.7 Å². The lowest BCUT2D eigenvalue weighted by molar-refractivity contribution is -0.269. The third-order valence-corrected chi connectivity index (χ3v) is 12.8.